The first-order valence-corrected chi connectivity index (χ1v) is 13.5. The van der Waals surface area contributed by atoms with E-state index in [1.54, 1.807) is 47.4 Å². The predicted molar refractivity (Wildman–Crippen MR) is 148 cm³/mol. The Labute approximate surface area is 250 Å². The third-order valence-electron chi connectivity index (χ3n) is 7.27. The van der Waals surface area contributed by atoms with Crippen molar-refractivity contribution in [2.24, 2.45) is 0 Å². The van der Waals surface area contributed by atoms with Crippen molar-refractivity contribution in [2.75, 3.05) is 11.9 Å². The molecule has 0 bridgehead atoms. The zero-order valence-corrected chi connectivity index (χ0v) is 23.3. The smallest absolute Gasteiger partial charge is 0.403 e. The van der Waals surface area contributed by atoms with E-state index in [1.807, 2.05) is 0 Å². The minimum absolute atomic E-state index is 0.0864. The van der Waals surface area contributed by atoms with Crippen molar-refractivity contribution < 1.29 is 41.1 Å². The highest BCUT2D eigenvalue weighted by Crippen LogP contribution is 2.31. The summed E-state index contributed by atoms with van der Waals surface area (Å²) in [6.07, 6.45) is -2.17. The number of ketones is 1. The zero-order valence-electron chi connectivity index (χ0n) is 23.3. The Morgan fingerprint density at radius 3 is 2.67 bits per heavy atom. The van der Waals surface area contributed by atoms with Crippen molar-refractivity contribution in [3.63, 3.8) is 0 Å². The number of carbonyl (C=O) groups is 3. The fourth-order valence-electron chi connectivity index (χ4n) is 5.25. The van der Waals surface area contributed by atoms with Crippen LogP contribution >= 0.6 is 0 Å². The van der Waals surface area contributed by atoms with Crippen LogP contribution in [0.25, 0.3) is 27.7 Å². The van der Waals surface area contributed by atoms with E-state index in [1.165, 1.54) is 11.6 Å². The second-order valence-corrected chi connectivity index (χ2v) is 10.3. The van der Waals surface area contributed by atoms with Crippen LogP contribution in [0.15, 0.2) is 61.1 Å². The molecule has 0 aliphatic carbocycles. The predicted octanol–water partition coefficient (Wildman–Crippen LogP) is 4.56. The van der Waals surface area contributed by atoms with E-state index in [9.17, 15) is 36.3 Å². The molecule has 3 aromatic heterocycles. The molecular weight excluding hydrogens is 605 g/mol. The molecular formula is C29H22F5N7O4. The van der Waals surface area contributed by atoms with Crippen LogP contribution in [0.3, 0.4) is 0 Å². The lowest BCUT2D eigenvalue weighted by molar-refractivity contribution is -0.275. The van der Waals surface area contributed by atoms with Crippen molar-refractivity contribution in [3.8, 4) is 16.9 Å². The average molecular weight is 628 g/mol. The summed E-state index contributed by atoms with van der Waals surface area (Å²) in [6.45, 7) is 0.395. The normalized spacial score (nSPS) is 16.8. The number of hydrogen-bond acceptors (Lipinski definition) is 7. The number of rotatable bonds is 7. The van der Waals surface area contributed by atoms with Gasteiger partial charge in [-0.05, 0) is 29.8 Å². The van der Waals surface area contributed by atoms with Gasteiger partial charge in [-0.1, -0.05) is 12.1 Å². The van der Waals surface area contributed by atoms with Gasteiger partial charge in [-0.3, -0.25) is 19.1 Å². The molecule has 16 heteroatoms. The number of Topliss-reactive ketones (excluding diaryl/α,β-unsaturated/α-hetero) is 1. The molecule has 0 unspecified atom stereocenters. The first-order chi connectivity index (χ1) is 21.4. The van der Waals surface area contributed by atoms with Gasteiger partial charge >= 0.3 is 6.36 Å². The van der Waals surface area contributed by atoms with Crippen LogP contribution in [0.2, 0.25) is 0 Å². The lowest BCUT2D eigenvalue weighted by Gasteiger charge is -2.24. The topological polar surface area (TPSA) is 124 Å². The van der Waals surface area contributed by atoms with E-state index in [0.29, 0.717) is 27.7 Å². The lowest BCUT2D eigenvalue weighted by Crippen LogP contribution is -2.44. The van der Waals surface area contributed by atoms with Gasteiger partial charge in [0.15, 0.2) is 23.0 Å². The lowest BCUT2D eigenvalue weighted by atomic mass is 10.0. The number of nitrogens with one attached hydrogen (secondary N) is 1. The second-order valence-electron chi connectivity index (χ2n) is 10.3. The summed E-state index contributed by atoms with van der Waals surface area (Å²) in [5.41, 5.74) is 1.93. The molecule has 1 N–H and O–H groups in total. The summed E-state index contributed by atoms with van der Waals surface area (Å²) < 4.78 is 73.5. The van der Waals surface area contributed by atoms with Crippen LogP contribution in [0.4, 0.5) is 27.6 Å². The molecule has 2 atom stereocenters. The van der Waals surface area contributed by atoms with Crippen LogP contribution in [-0.4, -0.2) is 72.0 Å². The maximum Gasteiger partial charge on any atom is 0.573 e. The first-order valence-electron chi connectivity index (χ1n) is 13.5. The number of anilines is 1. The van der Waals surface area contributed by atoms with E-state index >= 15 is 0 Å². The molecule has 2 amide bonds. The summed E-state index contributed by atoms with van der Waals surface area (Å²) in [6, 6.07) is 8.23. The van der Waals surface area contributed by atoms with Gasteiger partial charge < -0.3 is 15.0 Å². The van der Waals surface area contributed by atoms with E-state index in [2.05, 4.69) is 25.2 Å². The zero-order chi connectivity index (χ0) is 32.0. The number of halogens is 5. The monoisotopic (exact) mass is 627 g/mol. The number of fused-ring (bicyclic) bond motifs is 2. The third kappa shape index (κ3) is 5.90. The van der Waals surface area contributed by atoms with Gasteiger partial charge in [0.25, 0.3) is 0 Å². The van der Waals surface area contributed by atoms with Crippen LogP contribution < -0.4 is 10.1 Å². The largest absolute Gasteiger partial charge is 0.573 e. The van der Waals surface area contributed by atoms with Crippen molar-refractivity contribution in [2.45, 2.75) is 38.5 Å². The number of alkyl halides is 4. The molecule has 0 radical (unpaired) electrons. The molecule has 2 aromatic carbocycles. The Hall–Kier alpha value is -5.41. The molecule has 1 aliphatic heterocycles. The van der Waals surface area contributed by atoms with E-state index in [4.69, 9.17) is 0 Å². The first kappa shape index (κ1) is 29.7. The summed E-state index contributed by atoms with van der Waals surface area (Å²) in [7, 11) is 0. The standard InChI is InChI=1S/C29H22F5N7O4/c1-15(42)27-19-9-16(17-11-35-24-7-8-36-41(24)12-17)5-6-21(19)40(38-27)14-25(43)39-13-18(30)10-22(39)28(44)37-20-3-2-4-23(26(20)31)45-29(32,33)34/h2-9,11-12,18,22H,10,13-14H2,1H3,(H,37,44)/t18-,22+/m1/s1. The number of aromatic nitrogens is 5. The SMILES string of the molecule is CC(=O)c1nn(CC(=O)N2C[C@H](F)C[C@H]2C(=O)Nc2cccc(OC(F)(F)F)c2F)c2ccc(-c3cnc4ccnn4c3)cc12. The molecule has 4 heterocycles. The minimum Gasteiger partial charge on any atom is -0.403 e. The second kappa shape index (κ2) is 11.3. The Kier molecular flexibility index (Phi) is 7.42. The van der Waals surface area contributed by atoms with Gasteiger partial charge in [0.2, 0.25) is 11.8 Å². The van der Waals surface area contributed by atoms with Crippen LogP contribution in [0.1, 0.15) is 23.8 Å². The molecule has 0 spiro atoms. The number of nitrogens with zero attached hydrogens (tertiary/aromatic N) is 6. The van der Waals surface area contributed by atoms with Gasteiger partial charge in [-0.25, -0.2) is 18.3 Å². The van der Waals surface area contributed by atoms with E-state index in [-0.39, 0.29) is 11.5 Å². The van der Waals surface area contributed by atoms with Gasteiger partial charge in [0, 0.05) is 42.8 Å². The average Bonchev–Trinajstić information content (AvgIpc) is 3.71. The van der Waals surface area contributed by atoms with Crippen LogP contribution in [0.5, 0.6) is 5.75 Å². The number of hydrogen-bond donors (Lipinski definition) is 1. The summed E-state index contributed by atoms with van der Waals surface area (Å²) in [5, 5.41) is 11.1. The van der Waals surface area contributed by atoms with Crippen LogP contribution in [-0.2, 0) is 16.1 Å². The molecule has 0 saturated carbocycles. The highest BCUT2D eigenvalue weighted by Gasteiger charge is 2.40. The highest BCUT2D eigenvalue weighted by atomic mass is 19.4. The van der Waals surface area contributed by atoms with Crippen molar-refractivity contribution >= 4 is 39.8 Å². The highest BCUT2D eigenvalue weighted by molar-refractivity contribution is 6.06. The Morgan fingerprint density at radius 1 is 1.11 bits per heavy atom. The minimum atomic E-state index is -5.17. The summed E-state index contributed by atoms with van der Waals surface area (Å²) in [5.74, 6) is -4.76. The van der Waals surface area contributed by atoms with Gasteiger partial charge in [-0.15, -0.1) is 13.2 Å². The van der Waals surface area contributed by atoms with Crippen molar-refractivity contribution in [1.29, 1.82) is 0 Å². The molecule has 1 fully saturated rings. The number of ether oxygens (including phenoxy) is 1. The molecule has 45 heavy (non-hydrogen) atoms. The van der Waals surface area contributed by atoms with Crippen LogP contribution in [0, 0.1) is 5.82 Å². The molecule has 11 nitrogen and oxygen atoms in total. The summed E-state index contributed by atoms with van der Waals surface area (Å²) >= 11 is 0. The quantitative estimate of drug-likeness (QED) is 0.207. The fourth-order valence-corrected chi connectivity index (χ4v) is 5.25. The molecule has 232 valence electrons. The Balaban J connectivity index is 1.24. The van der Waals surface area contributed by atoms with Gasteiger partial charge in [-0.2, -0.15) is 10.2 Å². The Bertz CT molecular complexity index is 1970. The third-order valence-corrected chi connectivity index (χ3v) is 7.27. The maximum atomic E-state index is 14.6. The molecule has 6 rings (SSSR count). The van der Waals surface area contributed by atoms with E-state index < -0.39 is 67.2 Å². The molecule has 5 aromatic rings. The van der Waals surface area contributed by atoms with Gasteiger partial charge in [0.1, 0.15) is 24.5 Å². The number of likely N-dealkylation sites (tertiary alicyclic amines) is 1. The van der Waals surface area contributed by atoms with Crippen molar-refractivity contribution in [3.05, 3.63) is 72.6 Å². The van der Waals surface area contributed by atoms with Gasteiger partial charge in [0.05, 0.1) is 23.9 Å². The molecule has 1 saturated heterocycles. The van der Waals surface area contributed by atoms with Crippen molar-refractivity contribution in [1.82, 2.24) is 29.3 Å². The number of amides is 2. The molecule has 1 aliphatic rings. The number of carbonyl (C=O) groups excluding carboxylic acids is 3. The maximum absolute atomic E-state index is 14.6. The van der Waals surface area contributed by atoms with E-state index in [0.717, 1.165) is 23.1 Å². The number of benzene rings is 2. The summed E-state index contributed by atoms with van der Waals surface area (Å²) in [4.78, 5) is 44.2. The Morgan fingerprint density at radius 2 is 1.91 bits per heavy atom. The fraction of sp³-hybridized carbons (Fsp3) is 0.241.